The van der Waals surface area contributed by atoms with Gasteiger partial charge in [0.1, 0.15) is 17.4 Å². The summed E-state index contributed by atoms with van der Waals surface area (Å²) in [5.41, 5.74) is 1.39. The van der Waals surface area contributed by atoms with Crippen molar-refractivity contribution in [3.63, 3.8) is 0 Å². The molecule has 1 amide bonds. The molecule has 10 heteroatoms. The molecule has 196 valence electrons. The van der Waals surface area contributed by atoms with Crippen LogP contribution in [0.3, 0.4) is 0 Å². The molecule has 0 atom stereocenters. The number of amides is 1. The Kier molecular flexibility index (Phi) is 7.19. The van der Waals surface area contributed by atoms with Gasteiger partial charge in [0.25, 0.3) is 15.9 Å². The van der Waals surface area contributed by atoms with Crippen LogP contribution in [0.25, 0.3) is 23.2 Å². The standard InChI is InChI=1S/C29H21ClFN3O4S/c1-38-27-15-12-20(30)17-25(27)33-29(35)22-18-21(13-14-23(22)31)39(36,37)34-26-10-6-5-9-24(26)32-28(34)16-11-19-7-3-2-4-8-19/h2-18H,1H3,(H,33,35). The molecule has 1 heterocycles. The molecular weight excluding hydrogens is 541 g/mol. The maximum atomic E-state index is 14.8. The Bertz CT molecular complexity index is 1840. The van der Waals surface area contributed by atoms with Gasteiger partial charge in [0.05, 0.1) is 34.3 Å². The fraction of sp³-hybridized carbons (Fsp3) is 0.0345. The lowest BCUT2D eigenvalue weighted by atomic mass is 10.2. The number of para-hydroxylation sites is 2. The fourth-order valence-corrected chi connectivity index (χ4v) is 5.68. The molecule has 0 fully saturated rings. The summed E-state index contributed by atoms with van der Waals surface area (Å²) in [4.78, 5) is 17.3. The first-order valence-electron chi connectivity index (χ1n) is 11.7. The molecule has 0 saturated heterocycles. The summed E-state index contributed by atoms with van der Waals surface area (Å²) in [5.74, 6) is -1.31. The molecule has 0 aliphatic carbocycles. The number of rotatable bonds is 7. The van der Waals surface area contributed by atoms with Crippen LogP contribution < -0.4 is 10.1 Å². The van der Waals surface area contributed by atoms with Gasteiger partial charge in [0.15, 0.2) is 0 Å². The lowest BCUT2D eigenvalue weighted by Gasteiger charge is -2.13. The highest BCUT2D eigenvalue weighted by Gasteiger charge is 2.26. The smallest absolute Gasteiger partial charge is 0.269 e. The van der Waals surface area contributed by atoms with Crippen molar-refractivity contribution in [3.8, 4) is 5.75 Å². The number of hydrogen-bond donors (Lipinski definition) is 1. The van der Waals surface area contributed by atoms with Crippen LogP contribution in [-0.4, -0.2) is 30.4 Å². The second-order valence-corrected chi connectivity index (χ2v) is 10.6. The highest BCUT2D eigenvalue weighted by Crippen LogP contribution is 2.30. The molecule has 4 aromatic carbocycles. The number of ether oxygens (including phenoxy) is 1. The van der Waals surface area contributed by atoms with Gasteiger partial charge in [-0.1, -0.05) is 60.1 Å². The zero-order chi connectivity index (χ0) is 27.6. The summed E-state index contributed by atoms with van der Waals surface area (Å²) >= 11 is 6.03. The van der Waals surface area contributed by atoms with Crippen LogP contribution in [0.1, 0.15) is 21.7 Å². The Labute approximate surface area is 229 Å². The minimum absolute atomic E-state index is 0.152. The number of aromatic nitrogens is 2. The van der Waals surface area contributed by atoms with Gasteiger partial charge in [-0.25, -0.2) is 21.8 Å². The molecule has 7 nitrogen and oxygen atoms in total. The van der Waals surface area contributed by atoms with Crippen molar-refractivity contribution in [1.82, 2.24) is 8.96 Å². The molecule has 0 saturated carbocycles. The van der Waals surface area contributed by atoms with Gasteiger partial charge in [-0.2, -0.15) is 0 Å². The normalized spacial score (nSPS) is 11.7. The molecule has 5 aromatic rings. The van der Waals surface area contributed by atoms with E-state index in [9.17, 15) is 17.6 Å². The highest BCUT2D eigenvalue weighted by molar-refractivity contribution is 7.90. The van der Waals surface area contributed by atoms with E-state index in [1.165, 1.54) is 13.2 Å². The average Bonchev–Trinajstić information content (AvgIpc) is 3.32. The van der Waals surface area contributed by atoms with Crippen LogP contribution in [0.5, 0.6) is 5.75 Å². The first kappa shape index (κ1) is 26.1. The number of imidazole rings is 1. The summed E-state index contributed by atoms with van der Waals surface area (Å²) < 4.78 is 49.0. The van der Waals surface area contributed by atoms with Crippen molar-refractivity contribution < 1.29 is 22.3 Å². The minimum Gasteiger partial charge on any atom is -0.495 e. The predicted octanol–water partition coefficient (Wildman–Crippen LogP) is 6.50. The van der Waals surface area contributed by atoms with Crippen LogP contribution in [0.4, 0.5) is 10.1 Å². The van der Waals surface area contributed by atoms with Crippen LogP contribution in [0.15, 0.2) is 95.9 Å². The van der Waals surface area contributed by atoms with Crippen molar-refractivity contribution in [1.29, 1.82) is 0 Å². The molecular formula is C29H21ClFN3O4S. The quantitative estimate of drug-likeness (QED) is 0.245. The number of fused-ring (bicyclic) bond motifs is 1. The van der Waals surface area contributed by atoms with Crippen molar-refractivity contribution >= 4 is 56.4 Å². The Morgan fingerprint density at radius 2 is 1.72 bits per heavy atom. The number of halogens is 2. The Balaban J connectivity index is 1.58. The van der Waals surface area contributed by atoms with Crippen molar-refractivity contribution in [2.75, 3.05) is 12.4 Å². The molecule has 0 bridgehead atoms. The number of anilines is 1. The van der Waals surface area contributed by atoms with E-state index in [0.717, 1.165) is 27.7 Å². The SMILES string of the molecule is COc1ccc(Cl)cc1NC(=O)c1cc(S(=O)(=O)n2c(C=Cc3ccccc3)nc3ccccc32)ccc1F. The van der Waals surface area contributed by atoms with E-state index in [2.05, 4.69) is 10.3 Å². The van der Waals surface area contributed by atoms with E-state index in [4.69, 9.17) is 16.3 Å². The minimum atomic E-state index is -4.31. The van der Waals surface area contributed by atoms with Crippen LogP contribution in [-0.2, 0) is 10.0 Å². The van der Waals surface area contributed by atoms with Crippen molar-refractivity contribution in [2.45, 2.75) is 4.90 Å². The number of hydrogen-bond acceptors (Lipinski definition) is 5. The molecule has 0 radical (unpaired) electrons. The summed E-state index contributed by atoms with van der Waals surface area (Å²) in [6.07, 6.45) is 3.34. The summed E-state index contributed by atoms with van der Waals surface area (Å²) in [5, 5.41) is 2.86. The first-order chi connectivity index (χ1) is 18.8. The maximum absolute atomic E-state index is 14.8. The summed E-state index contributed by atoms with van der Waals surface area (Å²) in [7, 11) is -2.90. The van der Waals surface area contributed by atoms with E-state index in [0.29, 0.717) is 21.8 Å². The van der Waals surface area contributed by atoms with Gasteiger partial charge in [-0.15, -0.1) is 0 Å². The topological polar surface area (TPSA) is 90.3 Å². The number of methoxy groups -OCH3 is 1. The molecule has 1 N–H and O–H groups in total. The summed E-state index contributed by atoms with van der Waals surface area (Å²) in [6, 6.07) is 23.7. The molecule has 1 aromatic heterocycles. The number of carbonyl (C=O) groups is 1. The lowest BCUT2D eigenvalue weighted by molar-refractivity contribution is 0.102. The fourth-order valence-electron chi connectivity index (χ4n) is 4.03. The van der Waals surface area contributed by atoms with Gasteiger partial charge in [0, 0.05) is 5.02 Å². The molecule has 0 aliphatic rings. The van der Waals surface area contributed by atoms with E-state index in [1.807, 2.05) is 30.3 Å². The third-order valence-electron chi connectivity index (χ3n) is 5.90. The predicted molar refractivity (Wildman–Crippen MR) is 150 cm³/mol. The van der Waals surface area contributed by atoms with E-state index in [1.54, 1.807) is 48.6 Å². The molecule has 0 aliphatic heterocycles. The zero-order valence-corrected chi connectivity index (χ0v) is 22.1. The third-order valence-corrected chi connectivity index (χ3v) is 7.85. The maximum Gasteiger partial charge on any atom is 0.269 e. The lowest BCUT2D eigenvalue weighted by Crippen LogP contribution is -2.18. The highest BCUT2D eigenvalue weighted by atomic mass is 35.5. The number of benzene rings is 4. The van der Waals surface area contributed by atoms with Crippen molar-refractivity contribution in [3.05, 3.63) is 119 Å². The van der Waals surface area contributed by atoms with Gasteiger partial charge < -0.3 is 10.1 Å². The van der Waals surface area contributed by atoms with Crippen LogP contribution >= 0.6 is 11.6 Å². The number of nitrogens with zero attached hydrogens (tertiary/aromatic N) is 2. The van der Waals surface area contributed by atoms with Gasteiger partial charge >= 0.3 is 0 Å². The molecule has 39 heavy (non-hydrogen) atoms. The Morgan fingerprint density at radius 1 is 0.974 bits per heavy atom. The molecule has 0 unspecified atom stereocenters. The summed E-state index contributed by atoms with van der Waals surface area (Å²) in [6.45, 7) is 0. The van der Waals surface area contributed by atoms with Crippen LogP contribution in [0, 0.1) is 5.82 Å². The third kappa shape index (κ3) is 5.27. The van der Waals surface area contributed by atoms with Gasteiger partial charge in [-0.05, 0) is 60.2 Å². The molecule has 5 rings (SSSR count). The second-order valence-electron chi connectivity index (χ2n) is 8.41. The average molecular weight is 562 g/mol. The second kappa shape index (κ2) is 10.7. The number of carbonyl (C=O) groups excluding carboxylic acids is 1. The zero-order valence-electron chi connectivity index (χ0n) is 20.5. The van der Waals surface area contributed by atoms with Gasteiger partial charge in [-0.3, -0.25) is 4.79 Å². The largest absolute Gasteiger partial charge is 0.495 e. The van der Waals surface area contributed by atoms with E-state index < -0.39 is 27.3 Å². The Morgan fingerprint density at radius 3 is 2.49 bits per heavy atom. The van der Waals surface area contributed by atoms with E-state index >= 15 is 0 Å². The number of nitrogens with one attached hydrogen (secondary N) is 1. The monoisotopic (exact) mass is 561 g/mol. The Hall–Kier alpha value is -4.47. The van der Waals surface area contributed by atoms with E-state index in [-0.39, 0.29) is 16.4 Å². The van der Waals surface area contributed by atoms with Gasteiger partial charge in [0.2, 0.25) is 0 Å². The van der Waals surface area contributed by atoms with Crippen LogP contribution in [0.2, 0.25) is 5.02 Å². The molecule has 0 spiro atoms. The van der Waals surface area contributed by atoms with Crippen molar-refractivity contribution in [2.24, 2.45) is 0 Å². The first-order valence-corrected chi connectivity index (χ1v) is 13.5.